The average molecular weight is 314 g/mol. The van der Waals surface area contributed by atoms with Gasteiger partial charge < -0.3 is 4.90 Å². The van der Waals surface area contributed by atoms with Crippen LogP contribution in [0.25, 0.3) is 0 Å². The lowest BCUT2D eigenvalue weighted by Crippen LogP contribution is -2.45. The number of aryl methyl sites for hydroxylation is 1. The molecule has 7 heteroatoms. The van der Waals surface area contributed by atoms with Crippen molar-refractivity contribution in [3.8, 4) is 0 Å². The van der Waals surface area contributed by atoms with Crippen LogP contribution in [0.15, 0.2) is 36.7 Å². The Labute approximate surface area is 133 Å². The number of carbonyl (C=O) groups is 1. The lowest BCUT2D eigenvalue weighted by molar-refractivity contribution is -0.385. The molecule has 0 saturated carbocycles. The van der Waals surface area contributed by atoms with Crippen molar-refractivity contribution in [3.63, 3.8) is 0 Å². The Morgan fingerprint density at radius 3 is 2.87 bits per heavy atom. The highest BCUT2D eigenvalue weighted by atomic mass is 16.6. The quantitative estimate of drug-likeness (QED) is 0.644. The summed E-state index contributed by atoms with van der Waals surface area (Å²) in [6.07, 6.45) is 4.30. The van der Waals surface area contributed by atoms with Gasteiger partial charge in [-0.1, -0.05) is 18.2 Å². The Kier molecular flexibility index (Phi) is 3.85. The molecule has 0 fully saturated rings. The second kappa shape index (κ2) is 5.83. The molecule has 1 aliphatic rings. The Balaban J connectivity index is 1.91. The molecular weight excluding hydrogens is 296 g/mol. The van der Waals surface area contributed by atoms with Crippen molar-refractivity contribution in [3.05, 3.63) is 52.3 Å². The van der Waals surface area contributed by atoms with E-state index in [-0.39, 0.29) is 17.6 Å². The molecule has 0 spiro atoms. The molecule has 0 saturated heterocycles. The number of benzene rings is 1. The summed E-state index contributed by atoms with van der Waals surface area (Å²) in [6, 6.07) is 7.35. The maximum absolute atomic E-state index is 12.9. The van der Waals surface area contributed by atoms with Crippen molar-refractivity contribution in [1.29, 1.82) is 0 Å². The maximum Gasteiger partial charge on any atom is 0.307 e. The summed E-state index contributed by atoms with van der Waals surface area (Å²) in [5.74, 6) is -0.109. The zero-order valence-electron chi connectivity index (χ0n) is 13.0. The number of hydrogen-bond donors (Lipinski definition) is 0. The number of hydrogen-bond acceptors (Lipinski definition) is 4. The predicted octanol–water partition coefficient (Wildman–Crippen LogP) is 2.72. The molecule has 0 aliphatic carbocycles. The van der Waals surface area contributed by atoms with Gasteiger partial charge in [0.25, 0.3) is 5.91 Å². The first-order valence-electron chi connectivity index (χ1n) is 7.58. The summed E-state index contributed by atoms with van der Waals surface area (Å²) in [5.41, 5.74) is 1.96. The van der Waals surface area contributed by atoms with Crippen LogP contribution in [0, 0.1) is 10.1 Å². The normalized spacial score (nSPS) is 18.3. The van der Waals surface area contributed by atoms with Gasteiger partial charge in [0.2, 0.25) is 0 Å². The van der Waals surface area contributed by atoms with E-state index in [0.29, 0.717) is 0 Å². The summed E-state index contributed by atoms with van der Waals surface area (Å²) >= 11 is 0. The number of amides is 1. The minimum atomic E-state index is -0.600. The molecule has 3 rings (SSSR count). The molecule has 1 amide bonds. The van der Waals surface area contributed by atoms with E-state index in [0.717, 1.165) is 30.3 Å². The monoisotopic (exact) mass is 314 g/mol. The molecule has 0 N–H and O–H groups in total. The standard InChI is InChI=1S/C16H18N4O3/c1-11-7-8-13-5-3-4-6-15(13)19(11)16(21)12(2)18-10-14(9-17-18)20(22)23/h3-6,9-12H,7-8H2,1-2H3/t11-,12-/m1/s1. The van der Waals surface area contributed by atoms with Crippen LogP contribution in [0.2, 0.25) is 0 Å². The number of anilines is 1. The molecule has 120 valence electrons. The SMILES string of the molecule is C[C@@H]1CCc2ccccc2N1C(=O)[C@@H](C)n1cc([N+](=O)[O-])cn1. The smallest absolute Gasteiger partial charge is 0.307 e. The van der Waals surface area contributed by atoms with Crippen molar-refractivity contribution in [2.45, 2.75) is 38.8 Å². The number of para-hydroxylation sites is 1. The molecule has 2 atom stereocenters. The minimum Gasteiger partial charge on any atom is -0.308 e. The molecule has 2 aromatic rings. The van der Waals surface area contributed by atoms with E-state index >= 15 is 0 Å². The van der Waals surface area contributed by atoms with Crippen molar-refractivity contribution in [2.24, 2.45) is 0 Å². The number of fused-ring (bicyclic) bond motifs is 1. The molecule has 23 heavy (non-hydrogen) atoms. The van der Waals surface area contributed by atoms with Gasteiger partial charge in [-0.15, -0.1) is 0 Å². The van der Waals surface area contributed by atoms with Crippen LogP contribution in [-0.2, 0) is 11.2 Å². The van der Waals surface area contributed by atoms with E-state index in [1.807, 2.05) is 31.2 Å². The van der Waals surface area contributed by atoms with Gasteiger partial charge in [0.15, 0.2) is 0 Å². The summed E-state index contributed by atoms with van der Waals surface area (Å²) in [7, 11) is 0. The van der Waals surface area contributed by atoms with E-state index in [1.54, 1.807) is 11.8 Å². The van der Waals surface area contributed by atoms with E-state index < -0.39 is 11.0 Å². The van der Waals surface area contributed by atoms with Crippen LogP contribution in [0.3, 0.4) is 0 Å². The predicted molar refractivity (Wildman–Crippen MR) is 85.3 cm³/mol. The molecule has 7 nitrogen and oxygen atoms in total. The van der Waals surface area contributed by atoms with E-state index in [4.69, 9.17) is 0 Å². The number of carbonyl (C=O) groups excluding carboxylic acids is 1. The first-order valence-corrected chi connectivity index (χ1v) is 7.58. The summed E-state index contributed by atoms with van der Waals surface area (Å²) < 4.78 is 1.35. The highest BCUT2D eigenvalue weighted by Gasteiger charge is 2.32. The fourth-order valence-electron chi connectivity index (χ4n) is 2.97. The largest absolute Gasteiger partial charge is 0.308 e. The Hall–Kier alpha value is -2.70. The van der Waals surface area contributed by atoms with Gasteiger partial charge >= 0.3 is 5.69 Å². The van der Waals surface area contributed by atoms with Crippen molar-refractivity contribution >= 4 is 17.3 Å². The average Bonchev–Trinajstić information content (AvgIpc) is 3.03. The van der Waals surface area contributed by atoms with E-state index in [2.05, 4.69) is 5.10 Å². The Bertz CT molecular complexity index is 755. The van der Waals surface area contributed by atoms with Crippen LogP contribution in [0.4, 0.5) is 11.4 Å². The first-order chi connectivity index (χ1) is 11.0. The molecular formula is C16H18N4O3. The molecule has 1 aromatic heterocycles. The second-order valence-electron chi connectivity index (χ2n) is 5.84. The Morgan fingerprint density at radius 2 is 2.17 bits per heavy atom. The second-order valence-corrected chi connectivity index (χ2v) is 5.84. The van der Waals surface area contributed by atoms with E-state index in [1.165, 1.54) is 10.9 Å². The Morgan fingerprint density at radius 1 is 1.43 bits per heavy atom. The fourth-order valence-corrected chi connectivity index (χ4v) is 2.97. The maximum atomic E-state index is 12.9. The van der Waals surface area contributed by atoms with Gasteiger partial charge in [-0.25, -0.2) is 0 Å². The van der Waals surface area contributed by atoms with E-state index in [9.17, 15) is 14.9 Å². The molecule has 0 unspecified atom stereocenters. The summed E-state index contributed by atoms with van der Waals surface area (Å²) in [4.78, 5) is 25.0. The van der Waals surface area contributed by atoms with Gasteiger partial charge in [0, 0.05) is 11.7 Å². The van der Waals surface area contributed by atoms with Gasteiger partial charge in [-0.05, 0) is 38.3 Å². The highest BCUT2D eigenvalue weighted by Crippen LogP contribution is 2.32. The first kappa shape index (κ1) is 15.2. The van der Waals surface area contributed by atoms with Crippen molar-refractivity contribution in [1.82, 2.24) is 9.78 Å². The van der Waals surface area contributed by atoms with Gasteiger partial charge in [-0.2, -0.15) is 5.10 Å². The van der Waals surface area contributed by atoms with Gasteiger partial charge in [0.05, 0.1) is 4.92 Å². The zero-order chi connectivity index (χ0) is 16.6. The summed E-state index contributed by atoms with van der Waals surface area (Å²) in [6.45, 7) is 3.73. The minimum absolute atomic E-state index is 0.0883. The van der Waals surface area contributed by atoms with Gasteiger partial charge in [0.1, 0.15) is 18.4 Å². The molecule has 2 heterocycles. The van der Waals surface area contributed by atoms with Crippen LogP contribution >= 0.6 is 0 Å². The third-order valence-electron chi connectivity index (χ3n) is 4.31. The topological polar surface area (TPSA) is 81.3 Å². The zero-order valence-corrected chi connectivity index (χ0v) is 13.0. The molecule has 1 aromatic carbocycles. The third-order valence-corrected chi connectivity index (χ3v) is 4.31. The van der Waals surface area contributed by atoms with Crippen LogP contribution < -0.4 is 4.90 Å². The molecule has 0 bridgehead atoms. The highest BCUT2D eigenvalue weighted by molar-refractivity contribution is 5.97. The lowest BCUT2D eigenvalue weighted by atomic mass is 9.96. The number of aromatic nitrogens is 2. The third kappa shape index (κ3) is 2.69. The van der Waals surface area contributed by atoms with Crippen molar-refractivity contribution < 1.29 is 9.72 Å². The number of nitrogens with zero attached hydrogens (tertiary/aromatic N) is 4. The number of nitro groups is 1. The van der Waals surface area contributed by atoms with Crippen LogP contribution in [-0.4, -0.2) is 26.7 Å². The molecule has 1 aliphatic heterocycles. The lowest BCUT2D eigenvalue weighted by Gasteiger charge is -2.36. The van der Waals surface area contributed by atoms with Crippen molar-refractivity contribution in [2.75, 3.05) is 4.90 Å². The van der Waals surface area contributed by atoms with Crippen LogP contribution in [0.5, 0.6) is 0 Å². The number of rotatable bonds is 3. The molecule has 0 radical (unpaired) electrons. The fraction of sp³-hybridized carbons (Fsp3) is 0.375. The van der Waals surface area contributed by atoms with Gasteiger partial charge in [-0.3, -0.25) is 19.6 Å². The summed E-state index contributed by atoms with van der Waals surface area (Å²) in [5, 5.41) is 14.7. The van der Waals surface area contributed by atoms with Crippen LogP contribution in [0.1, 0.15) is 31.9 Å².